The highest BCUT2D eigenvalue weighted by atomic mass is 16.5. The molecule has 0 aliphatic rings. The number of ether oxygens (including phenoxy) is 2. The monoisotopic (exact) mass is 279 g/mol. The minimum Gasteiger partial charge on any atom is -0.496 e. The average Bonchev–Trinajstić information content (AvgIpc) is 2.47. The maximum absolute atomic E-state index is 5.33. The minimum atomic E-state index is 0.663. The van der Waals surface area contributed by atoms with Crippen LogP contribution in [0.15, 0.2) is 23.2 Å². The smallest absolute Gasteiger partial charge is 0.191 e. The highest BCUT2D eigenvalue weighted by Crippen LogP contribution is 2.18. The summed E-state index contributed by atoms with van der Waals surface area (Å²) in [5.41, 5.74) is 2.40. The predicted molar refractivity (Wildman–Crippen MR) is 82.7 cm³/mol. The van der Waals surface area contributed by atoms with E-state index in [4.69, 9.17) is 9.47 Å². The number of aliphatic imine (C=N–C) groups is 1. The van der Waals surface area contributed by atoms with Gasteiger partial charge in [-0.1, -0.05) is 12.1 Å². The van der Waals surface area contributed by atoms with Crippen molar-refractivity contribution in [2.24, 2.45) is 4.99 Å². The Hall–Kier alpha value is -1.75. The van der Waals surface area contributed by atoms with Gasteiger partial charge in [0.15, 0.2) is 5.96 Å². The molecule has 112 valence electrons. The van der Waals surface area contributed by atoms with Gasteiger partial charge < -0.3 is 20.1 Å². The summed E-state index contributed by atoms with van der Waals surface area (Å²) in [6.07, 6.45) is 0.918. The van der Waals surface area contributed by atoms with Crippen LogP contribution in [0.1, 0.15) is 11.1 Å². The molecule has 0 aromatic heterocycles. The zero-order chi connectivity index (χ0) is 14.8. The topological polar surface area (TPSA) is 54.9 Å². The van der Waals surface area contributed by atoms with Crippen molar-refractivity contribution in [2.75, 3.05) is 41.0 Å². The van der Waals surface area contributed by atoms with E-state index in [1.807, 2.05) is 6.92 Å². The van der Waals surface area contributed by atoms with E-state index in [2.05, 4.69) is 33.8 Å². The van der Waals surface area contributed by atoms with E-state index in [0.717, 1.165) is 36.8 Å². The fraction of sp³-hybridized carbons (Fsp3) is 0.533. The van der Waals surface area contributed by atoms with Gasteiger partial charge in [-0.25, -0.2) is 0 Å². The standard InChI is InChI=1S/C15H25N3O2/c1-12-5-6-13(11-14(12)20-4)7-8-17-15(16-2)18-9-10-19-3/h5-6,11H,7-10H2,1-4H3,(H2,16,17,18). The van der Waals surface area contributed by atoms with Gasteiger partial charge in [-0.15, -0.1) is 0 Å². The number of nitrogens with zero attached hydrogens (tertiary/aromatic N) is 1. The number of methoxy groups -OCH3 is 2. The number of nitrogens with one attached hydrogen (secondary N) is 2. The molecule has 0 bridgehead atoms. The van der Waals surface area contributed by atoms with E-state index in [9.17, 15) is 0 Å². The zero-order valence-corrected chi connectivity index (χ0v) is 12.8. The summed E-state index contributed by atoms with van der Waals surface area (Å²) >= 11 is 0. The van der Waals surface area contributed by atoms with Crippen molar-refractivity contribution in [3.05, 3.63) is 29.3 Å². The Bertz CT molecular complexity index is 433. The molecular formula is C15H25N3O2. The molecule has 20 heavy (non-hydrogen) atoms. The maximum Gasteiger partial charge on any atom is 0.191 e. The SMILES string of the molecule is CN=C(NCCOC)NCCc1ccc(C)c(OC)c1. The van der Waals surface area contributed by atoms with Crippen LogP contribution in [0.3, 0.4) is 0 Å². The Morgan fingerprint density at radius 3 is 2.60 bits per heavy atom. The van der Waals surface area contributed by atoms with E-state index < -0.39 is 0 Å². The summed E-state index contributed by atoms with van der Waals surface area (Å²) in [6.45, 7) is 4.27. The lowest BCUT2D eigenvalue weighted by Gasteiger charge is -2.12. The second-order valence-corrected chi connectivity index (χ2v) is 4.47. The molecule has 1 aromatic carbocycles. The maximum atomic E-state index is 5.33. The Labute approximate surface area is 121 Å². The summed E-state index contributed by atoms with van der Waals surface area (Å²) in [5.74, 6) is 1.73. The van der Waals surface area contributed by atoms with Crippen LogP contribution in [-0.4, -0.2) is 46.9 Å². The second kappa shape index (κ2) is 9.20. The van der Waals surface area contributed by atoms with Crippen molar-refractivity contribution < 1.29 is 9.47 Å². The summed E-state index contributed by atoms with van der Waals surface area (Å²) < 4.78 is 10.3. The van der Waals surface area contributed by atoms with Crippen molar-refractivity contribution in [3.63, 3.8) is 0 Å². The molecular weight excluding hydrogens is 254 g/mol. The fourth-order valence-electron chi connectivity index (χ4n) is 1.84. The summed E-state index contributed by atoms with van der Waals surface area (Å²) in [7, 11) is 5.14. The van der Waals surface area contributed by atoms with Crippen LogP contribution < -0.4 is 15.4 Å². The quantitative estimate of drug-likeness (QED) is 0.449. The van der Waals surface area contributed by atoms with Gasteiger partial charge in [0.2, 0.25) is 0 Å². The Balaban J connectivity index is 2.39. The van der Waals surface area contributed by atoms with Crippen LogP contribution >= 0.6 is 0 Å². The van der Waals surface area contributed by atoms with Crippen LogP contribution in [0.2, 0.25) is 0 Å². The van der Waals surface area contributed by atoms with Gasteiger partial charge in [-0.2, -0.15) is 0 Å². The second-order valence-electron chi connectivity index (χ2n) is 4.47. The summed E-state index contributed by atoms with van der Waals surface area (Å²) in [4.78, 5) is 4.15. The molecule has 2 N–H and O–H groups in total. The first-order valence-corrected chi connectivity index (χ1v) is 6.78. The van der Waals surface area contributed by atoms with Gasteiger partial charge in [0.1, 0.15) is 5.75 Å². The minimum absolute atomic E-state index is 0.663. The molecule has 1 aromatic rings. The largest absolute Gasteiger partial charge is 0.496 e. The molecule has 0 unspecified atom stereocenters. The Kier molecular flexibility index (Phi) is 7.50. The first kappa shape index (κ1) is 16.3. The molecule has 1 rings (SSSR count). The number of benzene rings is 1. The number of guanidine groups is 1. The summed E-state index contributed by atoms with van der Waals surface area (Å²) in [5, 5.41) is 6.45. The number of aryl methyl sites for hydroxylation is 1. The lowest BCUT2D eigenvalue weighted by Crippen LogP contribution is -2.39. The molecule has 0 aliphatic heterocycles. The molecule has 0 atom stereocenters. The van der Waals surface area contributed by atoms with E-state index in [1.165, 1.54) is 5.56 Å². The zero-order valence-electron chi connectivity index (χ0n) is 12.8. The molecule has 5 nitrogen and oxygen atoms in total. The van der Waals surface area contributed by atoms with Crippen LogP contribution in [0.5, 0.6) is 5.75 Å². The van der Waals surface area contributed by atoms with E-state index in [1.54, 1.807) is 21.3 Å². The molecule has 0 fully saturated rings. The number of hydrogen-bond acceptors (Lipinski definition) is 3. The first-order chi connectivity index (χ1) is 9.71. The number of rotatable bonds is 7. The van der Waals surface area contributed by atoms with Crippen molar-refractivity contribution in [1.29, 1.82) is 0 Å². The third-order valence-corrected chi connectivity index (χ3v) is 3.00. The lowest BCUT2D eigenvalue weighted by atomic mass is 10.1. The molecule has 0 spiro atoms. The van der Waals surface area contributed by atoms with Crippen LogP contribution in [0, 0.1) is 6.92 Å². The fourth-order valence-corrected chi connectivity index (χ4v) is 1.84. The van der Waals surface area contributed by atoms with Gasteiger partial charge in [0.05, 0.1) is 13.7 Å². The molecule has 0 radical (unpaired) electrons. The van der Waals surface area contributed by atoms with E-state index in [0.29, 0.717) is 6.61 Å². The van der Waals surface area contributed by atoms with Crippen molar-refractivity contribution in [3.8, 4) is 5.75 Å². The number of hydrogen-bond donors (Lipinski definition) is 2. The van der Waals surface area contributed by atoms with Gasteiger partial charge in [0.25, 0.3) is 0 Å². The Morgan fingerprint density at radius 2 is 1.95 bits per heavy atom. The third-order valence-electron chi connectivity index (χ3n) is 3.00. The molecule has 0 amide bonds. The van der Waals surface area contributed by atoms with E-state index >= 15 is 0 Å². The molecule has 0 aliphatic carbocycles. The average molecular weight is 279 g/mol. The van der Waals surface area contributed by atoms with Crippen LogP contribution in [-0.2, 0) is 11.2 Å². The molecule has 5 heteroatoms. The van der Waals surface area contributed by atoms with Gasteiger partial charge in [-0.3, -0.25) is 4.99 Å². The normalized spacial score (nSPS) is 11.3. The van der Waals surface area contributed by atoms with Gasteiger partial charge in [-0.05, 0) is 30.5 Å². The predicted octanol–water partition coefficient (Wildman–Crippen LogP) is 1.36. The Morgan fingerprint density at radius 1 is 1.20 bits per heavy atom. The molecule has 0 saturated carbocycles. The van der Waals surface area contributed by atoms with Gasteiger partial charge >= 0.3 is 0 Å². The molecule has 0 heterocycles. The summed E-state index contributed by atoms with van der Waals surface area (Å²) in [6, 6.07) is 6.29. The van der Waals surface area contributed by atoms with Crippen LogP contribution in [0.25, 0.3) is 0 Å². The van der Waals surface area contributed by atoms with Crippen molar-refractivity contribution in [2.45, 2.75) is 13.3 Å². The van der Waals surface area contributed by atoms with Crippen molar-refractivity contribution >= 4 is 5.96 Å². The highest BCUT2D eigenvalue weighted by Gasteiger charge is 2.01. The lowest BCUT2D eigenvalue weighted by molar-refractivity contribution is 0.203. The third kappa shape index (κ3) is 5.48. The first-order valence-electron chi connectivity index (χ1n) is 6.78. The van der Waals surface area contributed by atoms with Gasteiger partial charge in [0, 0.05) is 27.2 Å². The highest BCUT2D eigenvalue weighted by molar-refractivity contribution is 5.79. The van der Waals surface area contributed by atoms with E-state index in [-0.39, 0.29) is 0 Å². The van der Waals surface area contributed by atoms with Crippen molar-refractivity contribution in [1.82, 2.24) is 10.6 Å². The molecule has 0 saturated heterocycles. The van der Waals surface area contributed by atoms with Crippen LogP contribution in [0.4, 0.5) is 0 Å².